The summed E-state index contributed by atoms with van der Waals surface area (Å²) in [6, 6.07) is 17.0. The molecule has 2 aromatic heterocycles. The lowest BCUT2D eigenvalue weighted by atomic mass is 10.2. The summed E-state index contributed by atoms with van der Waals surface area (Å²) in [7, 11) is 0. The number of H-pyrrole nitrogens is 1. The minimum Gasteiger partial charge on any atom is -0.353 e. The van der Waals surface area contributed by atoms with Crippen LogP contribution in [0.4, 0.5) is 5.69 Å². The second-order valence-corrected chi connectivity index (χ2v) is 6.56. The van der Waals surface area contributed by atoms with E-state index in [9.17, 15) is 4.79 Å². The van der Waals surface area contributed by atoms with Crippen molar-refractivity contribution in [2.45, 2.75) is 0 Å². The topological polar surface area (TPSA) is 57.8 Å². The fourth-order valence-corrected chi connectivity index (χ4v) is 3.32. The van der Waals surface area contributed by atoms with Gasteiger partial charge in [0.25, 0.3) is 5.91 Å². The molecule has 4 nitrogen and oxygen atoms in total. The van der Waals surface area contributed by atoms with Crippen molar-refractivity contribution in [1.82, 2.24) is 9.97 Å². The molecule has 1 amide bonds. The Kier molecular flexibility index (Phi) is 3.80. The zero-order valence-electron chi connectivity index (χ0n) is 12.4. The number of aromatic nitrogens is 2. The number of carbonyl (C=O) groups excluding carboxylic acids is 1. The Balaban J connectivity index is 1.57. The van der Waals surface area contributed by atoms with E-state index in [1.807, 2.05) is 30.3 Å². The number of thiazole rings is 1. The van der Waals surface area contributed by atoms with E-state index in [1.54, 1.807) is 29.6 Å². The molecular weight excluding hydrogens is 342 g/mol. The molecule has 0 atom stereocenters. The van der Waals surface area contributed by atoms with Crippen LogP contribution < -0.4 is 5.32 Å². The van der Waals surface area contributed by atoms with Crippen LogP contribution in [0.5, 0.6) is 0 Å². The predicted octanol–water partition coefficient (Wildman–Crippen LogP) is 5.20. The first-order valence-corrected chi connectivity index (χ1v) is 8.55. The van der Waals surface area contributed by atoms with E-state index in [0.29, 0.717) is 16.4 Å². The third-order valence-corrected chi connectivity index (χ3v) is 4.73. The van der Waals surface area contributed by atoms with E-state index in [4.69, 9.17) is 11.6 Å². The van der Waals surface area contributed by atoms with Crippen molar-refractivity contribution < 1.29 is 4.79 Å². The van der Waals surface area contributed by atoms with Crippen molar-refractivity contribution in [3.05, 3.63) is 70.7 Å². The van der Waals surface area contributed by atoms with Crippen LogP contribution in [0.1, 0.15) is 10.5 Å². The molecule has 0 aliphatic rings. The maximum Gasteiger partial charge on any atom is 0.275 e. The number of para-hydroxylation sites is 1. The highest BCUT2D eigenvalue weighted by Gasteiger charge is 2.13. The van der Waals surface area contributed by atoms with E-state index < -0.39 is 0 Å². The van der Waals surface area contributed by atoms with Gasteiger partial charge in [0.2, 0.25) is 0 Å². The van der Waals surface area contributed by atoms with Gasteiger partial charge in [0.15, 0.2) is 0 Å². The summed E-state index contributed by atoms with van der Waals surface area (Å²) in [5.41, 5.74) is 3.04. The number of fused-ring (bicyclic) bond motifs is 1. The second kappa shape index (κ2) is 6.11. The Morgan fingerprint density at radius 1 is 1.12 bits per heavy atom. The van der Waals surface area contributed by atoms with Crippen LogP contribution in [0.3, 0.4) is 0 Å². The summed E-state index contributed by atoms with van der Waals surface area (Å²) in [4.78, 5) is 20.1. The molecule has 0 aliphatic heterocycles. The van der Waals surface area contributed by atoms with Crippen molar-refractivity contribution in [2.24, 2.45) is 0 Å². The molecule has 0 aliphatic carbocycles. The van der Waals surface area contributed by atoms with Crippen molar-refractivity contribution in [3.63, 3.8) is 0 Å². The third-order valence-electron chi connectivity index (χ3n) is 3.60. The summed E-state index contributed by atoms with van der Waals surface area (Å²) in [5, 5.41) is 7.10. The van der Waals surface area contributed by atoms with Crippen LogP contribution in [0.15, 0.2) is 60.0 Å². The fraction of sp³-hybridized carbons (Fsp3) is 0. The standard InChI is InChI=1S/C18H12ClN3OS/c19-12-5-7-13(8-6-12)20-17(23)16-10-24-18(22-16)15-9-11-3-1-2-4-14(11)21-15/h1-10,21H,(H,20,23). The molecule has 2 heterocycles. The first-order chi connectivity index (χ1) is 11.7. The first-order valence-electron chi connectivity index (χ1n) is 7.29. The quantitative estimate of drug-likeness (QED) is 0.532. The Hall–Kier alpha value is -2.63. The van der Waals surface area contributed by atoms with Crippen LogP contribution in [0, 0.1) is 0 Å². The van der Waals surface area contributed by atoms with Gasteiger partial charge in [-0.15, -0.1) is 11.3 Å². The molecule has 0 unspecified atom stereocenters. The molecule has 0 saturated carbocycles. The van der Waals surface area contributed by atoms with Gasteiger partial charge in [-0.2, -0.15) is 0 Å². The summed E-state index contributed by atoms with van der Waals surface area (Å²) in [6.45, 7) is 0. The zero-order chi connectivity index (χ0) is 16.5. The lowest BCUT2D eigenvalue weighted by Crippen LogP contribution is -2.12. The number of hydrogen-bond donors (Lipinski definition) is 2. The van der Waals surface area contributed by atoms with Crippen LogP contribution in [-0.4, -0.2) is 15.9 Å². The lowest BCUT2D eigenvalue weighted by Gasteiger charge is -2.02. The number of nitrogens with one attached hydrogen (secondary N) is 2. The molecule has 4 rings (SSSR count). The monoisotopic (exact) mass is 353 g/mol. The molecule has 0 fully saturated rings. The van der Waals surface area contributed by atoms with Gasteiger partial charge in [-0.25, -0.2) is 4.98 Å². The first kappa shape index (κ1) is 14.9. The van der Waals surface area contributed by atoms with Gasteiger partial charge in [0, 0.05) is 27.0 Å². The van der Waals surface area contributed by atoms with E-state index in [2.05, 4.69) is 15.3 Å². The van der Waals surface area contributed by atoms with Gasteiger partial charge in [-0.3, -0.25) is 4.79 Å². The van der Waals surface area contributed by atoms with Gasteiger partial charge in [-0.05, 0) is 36.4 Å². The molecule has 2 N–H and O–H groups in total. The highest BCUT2D eigenvalue weighted by molar-refractivity contribution is 7.13. The Bertz CT molecular complexity index is 987. The Labute approximate surface area is 147 Å². The van der Waals surface area contributed by atoms with E-state index in [0.717, 1.165) is 21.6 Å². The van der Waals surface area contributed by atoms with Gasteiger partial charge >= 0.3 is 0 Å². The molecule has 4 aromatic rings. The van der Waals surface area contributed by atoms with Gasteiger partial charge < -0.3 is 10.3 Å². The Morgan fingerprint density at radius 3 is 2.71 bits per heavy atom. The molecule has 118 valence electrons. The molecule has 6 heteroatoms. The predicted molar refractivity (Wildman–Crippen MR) is 98.8 cm³/mol. The van der Waals surface area contributed by atoms with Crippen molar-refractivity contribution in [2.75, 3.05) is 5.32 Å². The van der Waals surface area contributed by atoms with E-state index in [1.165, 1.54) is 11.3 Å². The average Bonchev–Trinajstić information content (AvgIpc) is 3.23. The van der Waals surface area contributed by atoms with E-state index in [-0.39, 0.29) is 5.91 Å². The molecule has 0 radical (unpaired) electrons. The highest BCUT2D eigenvalue weighted by Crippen LogP contribution is 2.27. The molecular formula is C18H12ClN3OS. The second-order valence-electron chi connectivity index (χ2n) is 5.27. The summed E-state index contributed by atoms with van der Waals surface area (Å²) >= 11 is 7.28. The normalized spacial score (nSPS) is 10.9. The highest BCUT2D eigenvalue weighted by atomic mass is 35.5. The molecule has 0 saturated heterocycles. The van der Waals surface area contributed by atoms with Crippen LogP contribution >= 0.6 is 22.9 Å². The van der Waals surface area contributed by atoms with E-state index >= 15 is 0 Å². The SMILES string of the molecule is O=C(Nc1ccc(Cl)cc1)c1csc(-c2cc3ccccc3[nH]2)n1. The number of amides is 1. The minimum atomic E-state index is -0.240. The molecule has 0 spiro atoms. The maximum absolute atomic E-state index is 12.3. The zero-order valence-corrected chi connectivity index (χ0v) is 14.0. The van der Waals surface area contributed by atoms with Gasteiger partial charge in [0.1, 0.15) is 10.7 Å². The maximum atomic E-state index is 12.3. The number of anilines is 1. The van der Waals surface area contributed by atoms with Crippen LogP contribution in [0.2, 0.25) is 5.02 Å². The number of hydrogen-bond acceptors (Lipinski definition) is 3. The summed E-state index contributed by atoms with van der Waals surface area (Å²) in [6.07, 6.45) is 0. The number of benzene rings is 2. The summed E-state index contributed by atoms with van der Waals surface area (Å²) in [5.74, 6) is -0.240. The molecule has 2 aromatic carbocycles. The van der Waals surface area contributed by atoms with Crippen LogP contribution in [-0.2, 0) is 0 Å². The number of nitrogens with zero attached hydrogens (tertiary/aromatic N) is 1. The smallest absolute Gasteiger partial charge is 0.275 e. The van der Waals surface area contributed by atoms with Gasteiger partial charge in [0.05, 0.1) is 5.69 Å². The average molecular weight is 354 g/mol. The third kappa shape index (κ3) is 2.91. The number of rotatable bonds is 3. The number of aromatic amines is 1. The Morgan fingerprint density at radius 2 is 1.92 bits per heavy atom. The van der Waals surface area contributed by atoms with Crippen molar-refractivity contribution in [1.29, 1.82) is 0 Å². The fourth-order valence-electron chi connectivity index (χ4n) is 2.42. The minimum absolute atomic E-state index is 0.240. The van der Waals surface area contributed by atoms with Crippen molar-refractivity contribution in [3.8, 4) is 10.7 Å². The largest absolute Gasteiger partial charge is 0.353 e. The number of carbonyl (C=O) groups is 1. The van der Waals surface area contributed by atoms with Gasteiger partial charge in [-0.1, -0.05) is 29.8 Å². The molecule has 24 heavy (non-hydrogen) atoms. The molecule has 0 bridgehead atoms. The summed E-state index contributed by atoms with van der Waals surface area (Å²) < 4.78 is 0. The van der Waals surface area contributed by atoms with Crippen molar-refractivity contribution >= 4 is 45.4 Å². The number of halogens is 1. The lowest BCUT2D eigenvalue weighted by molar-refractivity contribution is 0.102. The van der Waals surface area contributed by atoms with Crippen LogP contribution in [0.25, 0.3) is 21.6 Å².